The van der Waals surface area contributed by atoms with Crippen molar-refractivity contribution in [2.24, 2.45) is 0 Å². The van der Waals surface area contributed by atoms with E-state index in [2.05, 4.69) is 20.7 Å². The quantitative estimate of drug-likeness (QED) is 0.661. The number of carbonyl (C=O) groups excluding carboxylic acids is 2. The van der Waals surface area contributed by atoms with Crippen LogP contribution < -0.4 is 10.6 Å². The molecule has 1 aliphatic carbocycles. The molecule has 1 aliphatic rings. The molecule has 1 fully saturated rings. The number of aromatic amines is 1. The van der Waals surface area contributed by atoms with Gasteiger partial charge in [-0.2, -0.15) is 5.10 Å². The van der Waals surface area contributed by atoms with Crippen LogP contribution in [0, 0.1) is 0 Å². The number of nitrogens with zero attached hydrogens (tertiary/aromatic N) is 2. The number of amides is 2. The van der Waals surface area contributed by atoms with Gasteiger partial charge in [-0.1, -0.05) is 6.07 Å². The molecule has 0 bridgehead atoms. The molecule has 3 aromatic rings. The van der Waals surface area contributed by atoms with E-state index in [0.717, 1.165) is 29.3 Å². The average molecular weight is 337 g/mol. The molecule has 0 saturated heterocycles. The number of nitrogens with one attached hydrogen (secondary N) is 3. The number of benzene rings is 1. The predicted molar refractivity (Wildman–Crippen MR) is 93.5 cm³/mol. The predicted octanol–water partition coefficient (Wildman–Crippen LogP) is 1.66. The van der Waals surface area contributed by atoms with Crippen molar-refractivity contribution in [2.45, 2.75) is 25.4 Å². The summed E-state index contributed by atoms with van der Waals surface area (Å²) in [6, 6.07) is 9.82. The molecule has 7 heteroatoms. The Morgan fingerprint density at radius 1 is 1.24 bits per heavy atom. The average Bonchev–Trinajstić information content (AvgIpc) is 3.14. The summed E-state index contributed by atoms with van der Waals surface area (Å²) in [5, 5.41) is 11.0. The molecule has 4 rings (SSSR count). The normalized spacial score (nSPS) is 13.8. The van der Waals surface area contributed by atoms with Crippen LogP contribution in [0.3, 0.4) is 0 Å². The lowest BCUT2D eigenvalue weighted by atomic mass is 10.1. The molecular weight excluding hydrogens is 318 g/mol. The molecule has 1 saturated carbocycles. The maximum Gasteiger partial charge on any atom is 0.272 e. The fourth-order valence-electron chi connectivity index (χ4n) is 2.82. The first-order chi connectivity index (χ1) is 12.1. The number of fused-ring (bicyclic) bond motifs is 1. The van der Waals surface area contributed by atoms with Gasteiger partial charge in [-0.3, -0.25) is 14.3 Å². The van der Waals surface area contributed by atoms with Crippen LogP contribution in [-0.4, -0.2) is 39.7 Å². The van der Waals surface area contributed by atoms with Crippen LogP contribution in [0.2, 0.25) is 0 Å². The summed E-state index contributed by atoms with van der Waals surface area (Å²) in [6.45, 7) is 0.417. The molecule has 0 atom stereocenters. The summed E-state index contributed by atoms with van der Waals surface area (Å²) in [5.41, 5.74) is 2.71. The third-order valence-corrected chi connectivity index (χ3v) is 4.33. The highest BCUT2D eigenvalue weighted by Gasteiger charge is 2.26. The van der Waals surface area contributed by atoms with Gasteiger partial charge in [0, 0.05) is 30.9 Å². The second kappa shape index (κ2) is 6.08. The van der Waals surface area contributed by atoms with Crippen LogP contribution in [0.25, 0.3) is 10.9 Å². The van der Waals surface area contributed by atoms with Crippen molar-refractivity contribution in [1.82, 2.24) is 25.4 Å². The maximum atomic E-state index is 12.2. The first-order valence-corrected chi connectivity index (χ1v) is 8.31. The lowest BCUT2D eigenvalue weighted by Crippen LogP contribution is -2.25. The number of hydrogen-bond donors (Lipinski definition) is 3. The van der Waals surface area contributed by atoms with Gasteiger partial charge < -0.3 is 15.6 Å². The summed E-state index contributed by atoms with van der Waals surface area (Å²) in [6.07, 6.45) is 3.90. The monoisotopic (exact) mass is 337 g/mol. The van der Waals surface area contributed by atoms with Crippen molar-refractivity contribution in [2.75, 3.05) is 7.05 Å². The van der Waals surface area contributed by atoms with Gasteiger partial charge >= 0.3 is 0 Å². The topological polar surface area (TPSA) is 91.8 Å². The fraction of sp³-hybridized carbons (Fsp3) is 0.278. The van der Waals surface area contributed by atoms with Gasteiger partial charge in [0.1, 0.15) is 5.69 Å². The molecular formula is C18H19N5O2. The number of aromatic nitrogens is 3. The minimum Gasteiger partial charge on any atom is -0.361 e. The van der Waals surface area contributed by atoms with E-state index in [0.29, 0.717) is 12.2 Å². The molecule has 2 aromatic heterocycles. The molecule has 25 heavy (non-hydrogen) atoms. The van der Waals surface area contributed by atoms with Gasteiger partial charge in [0.15, 0.2) is 5.69 Å². The van der Waals surface area contributed by atoms with Gasteiger partial charge in [0.05, 0.1) is 6.54 Å². The lowest BCUT2D eigenvalue weighted by molar-refractivity contribution is 0.0940. The third kappa shape index (κ3) is 3.13. The van der Waals surface area contributed by atoms with Crippen LogP contribution in [0.1, 0.15) is 39.4 Å². The van der Waals surface area contributed by atoms with Gasteiger partial charge in [-0.15, -0.1) is 0 Å². The molecule has 2 amide bonds. The molecule has 0 unspecified atom stereocenters. The fourth-order valence-corrected chi connectivity index (χ4v) is 2.82. The summed E-state index contributed by atoms with van der Waals surface area (Å²) in [7, 11) is 1.56. The van der Waals surface area contributed by atoms with Crippen LogP contribution in [0.5, 0.6) is 0 Å². The minimum atomic E-state index is -0.263. The molecule has 0 aliphatic heterocycles. The highest BCUT2D eigenvalue weighted by atomic mass is 16.2. The van der Waals surface area contributed by atoms with E-state index < -0.39 is 0 Å². The lowest BCUT2D eigenvalue weighted by Gasteiger charge is -2.07. The zero-order valence-corrected chi connectivity index (χ0v) is 13.9. The Bertz CT molecular complexity index is 951. The minimum absolute atomic E-state index is 0.229. The second-order valence-corrected chi connectivity index (χ2v) is 6.30. The second-order valence-electron chi connectivity index (χ2n) is 6.30. The number of hydrogen-bond acceptors (Lipinski definition) is 3. The summed E-state index contributed by atoms with van der Waals surface area (Å²) >= 11 is 0. The maximum absolute atomic E-state index is 12.2. The Balaban J connectivity index is 1.64. The van der Waals surface area contributed by atoms with Crippen molar-refractivity contribution in [1.29, 1.82) is 0 Å². The van der Waals surface area contributed by atoms with Gasteiger partial charge in [-0.05, 0) is 42.0 Å². The van der Waals surface area contributed by atoms with E-state index in [-0.39, 0.29) is 23.6 Å². The molecule has 2 heterocycles. The highest BCUT2D eigenvalue weighted by molar-refractivity contribution is 5.98. The Kier molecular flexibility index (Phi) is 3.76. The summed E-state index contributed by atoms with van der Waals surface area (Å²) in [4.78, 5) is 27.6. The van der Waals surface area contributed by atoms with Gasteiger partial charge in [-0.25, -0.2) is 0 Å². The van der Waals surface area contributed by atoms with Crippen molar-refractivity contribution >= 4 is 22.7 Å². The Morgan fingerprint density at radius 2 is 2.08 bits per heavy atom. The van der Waals surface area contributed by atoms with E-state index in [1.54, 1.807) is 17.8 Å². The Morgan fingerprint density at radius 3 is 2.84 bits per heavy atom. The van der Waals surface area contributed by atoms with Gasteiger partial charge in [0.25, 0.3) is 11.8 Å². The highest BCUT2D eigenvalue weighted by Crippen LogP contribution is 2.20. The largest absolute Gasteiger partial charge is 0.361 e. The number of H-pyrrole nitrogens is 1. The zero-order valence-electron chi connectivity index (χ0n) is 13.9. The Hall–Kier alpha value is -3.09. The van der Waals surface area contributed by atoms with E-state index >= 15 is 0 Å². The first kappa shape index (κ1) is 15.4. The van der Waals surface area contributed by atoms with Crippen LogP contribution >= 0.6 is 0 Å². The van der Waals surface area contributed by atoms with Crippen molar-refractivity contribution in [3.8, 4) is 0 Å². The molecule has 0 spiro atoms. The van der Waals surface area contributed by atoms with E-state index in [4.69, 9.17) is 0 Å². The third-order valence-electron chi connectivity index (χ3n) is 4.33. The number of rotatable bonds is 5. The molecule has 128 valence electrons. The molecule has 3 N–H and O–H groups in total. The molecule has 1 aromatic carbocycles. The number of carbonyl (C=O) groups is 2. The first-order valence-electron chi connectivity index (χ1n) is 8.31. The smallest absolute Gasteiger partial charge is 0.272 e. The Labute approximate surface area is 144 Å². The van der Waals surface area contributed by atoms with Crippen LogP contribution in [-0.2, 0) is 6.54 Å². The molecule has 7 nitrogen and oxygen atoms in total. The SMILES string of the molecule is CNC(=O)c1cc(C(=O)NC2CC2)nn1Cc1ccc2[nH]ccc2c1. The van der Waals surface area contributed by atoms with E-state index in [9.17, 15) is 9.59 Å². The summed E-state index contributed by atoms with van der Waals surface area (Å²) < 4.78 is 1.58. The molecule has 0 radical (unpaired) electrons. The zero-order chi connectivity index (χ0) is 17.4. The van der Waals surface area contributed by atoms with Crippen LogP contribution in [0.15, 0.2) is 36.5 Å². The van der Waals surface area contributed by atoms with Crippen molar-refractivity contribution in [3.05, 3.63) is 53.5 Å². The standard InChI is InChI=1S/C18H19N5O2/c1-19-18(25)16-9-15(17(24)21-13-3-4-13)22-23(16)10-11-2-5-14-12(8-11)6-7-20-14/h2,5-9,13,20H,3-4,10H2,1H3,(H,19,25)(H,21,24). The van der Waals surface area contributed by atoms with Crippen LogP contribution in [0.4, 0.5) is 0 Å². The summed E-state index contributed by atoms with van der Waals surface area (Å²) in [5.74, 6) is -0.492. The van der Waals surface area contributed by atoms with Crippen molar-refractivity contribution < 1.29 is 9.59 Å². The van der Waals surface area contributed by atoms with Crippen molar-refractivity contribution in [3.63, 3.8) is 0 Å². The van der Waals surface area contributed by atoms with Gasteiger partial charge in [0.2, 0.25) is 0 Å². The van der Waals surface area contributed by atoms with E-state index in [1.807, 2.05) is 30.5 Å². The van der Waals surface area contributed by atoms with E-state index in [1.165, 1.54) is 0 Å².